The molecule has 1 fully saturated rings. The molecule has 1 N–H and O–H groups in total. The number of aliphatic carboxylic acids is 1. The monoisotopic (exact) mass is 275 g/mol. The summed E-state index contributed by atoms with van der Waals surface area (Å²) in [5, 5.41) is 8.78. The van der Waals surface area contributed by atoms with E-state index in [0.717, 1.165) is 37.2 Å². The molecule has 1 aliphatic rings. The van der Waals surface area contributed by atoms with Crippen molar-refractivity contribution in [1.82, 2.24) is 0 Å². The van der Waals surface area contributed by atoms with Crippen molar-refractivity contribution in [2.75, 3.05) is 25.1 Å². The number of anilines is 1. The molecule has 4 heteroatoms. The van der Waals surface area contributed by atoms with E-state index < -0.39 is 5.97 Å². The van der Waals surface area contributed by atoms with Crippen LogP contribution in [0.5, 0.6) is 0 Å². The lowest BCUT2D eigenvalue weighted by atomic mass is 9.94. The van der Waals surface area contributed by atoms with Gasteiger partial charge in [-0.2, -0.15) is 0 Å². The lowest BCUT2D eigenvalue weighted by Crippen LogP contribution is -2.47. The van der Waals surface area contributed by atoms with Crippen molar-refractivity contribution >= 4 is 17.7 Å². The fourth-order valence-electron chi connectivity index (χ4n) is 2.66. The summed E-state index contributed by atoms with van der Waals surface area (Å²) in [5.41, 5.74) is 1.85. The van der Waals surface area contributed by atoms with Crippen molar-refractivity contribution in [1.29, 1.82) is 0 Å². The Kier molecular flexibility index (Phi) is 4.45. The van der Waals surface area contributed by atoms with E-state index in [-0.39, 0.29) is 5.60 Å². The van der Waals surface area contributed by atoms with Gasteiger partial charge in [-0.1, -0.05) is 18.2 Å². The van der Waals surface area contributed by atoms with Crippen LogP contribution in [-0.4, -0.2) is 36.9 Å². The van der Waals surface area contributed by atoms with Crippen LogP contribution < -0.4 is 4.90 Å². The van der Waals surface area contributed by atoms with Crippen molar-refractivity contribution < 1.29 is 14.6 Å². The molecule has 1 heterocycles. The highest BCUT2D eigenvalue weighted by molar-refractivity contribution is 5.87. The van der Waals surface area contributed by atoms with Gasteiger partial charge in [0.05, 0.1) is 5.60 Å². The van der Waals surface area contributed by atoms with E-state index in [2.05, 4.69) is 11.8 Å². The Balaban J connectivity index is 2.26. The zero-order valence-corrected chi connectivity index (χ0v) is 12.0. The van der Waals surface area contributed by atoms with Gasteiger partial charge in [0.25, 0.3) is 0 Å². The number of carboxylic acid groups (broad SMARTS) is 1. The summed E-state index contributed by atoms with van der Waals surface area (Å²) in [5.74, 6) is -0.930. The molecule has 1 aromatic carbocycles. The van der Waals surface area contributed by atoms with Crippen LogP contribution in [0.15, 0.2) is 30.3 Å². The minimum Gasteiger partial charge on any atom is -0.478 e. The fourth-order valence-corrected chi connectivity index (χ4v) is 2.66. The summed E-state index contributed by atoms with van der Waals surface area (Å²) < 4.78 is 5.61. The molecular weight excluding hydrogens is 254 g/mol. The molecule has 0 amide bonds. The minimum atomic E-state index is -0.930. The third-order valence-electron chi connectivity index (χ3n) is 3.83. The Hall–Kier alpha value is -1.81. The van der Waals surface area contributed by atoms with Crippen molar-refractivity contribution in [2.24, 2.45) is 0 Å². The SMILES string of the molecule is COC1(C)CCCN(c2ccccc2/C=C/C(=O)O)C1. The normalized spacial score (nSPS) is 23.2. The van der Waals surface area contributed by atoms with E-state index in [1.54, 1.807) is 13.2 Å². The van der Waals surface area contributed by atoms with E-state index in [4.69, 9.17) is 9.84 Å². The predicted octanol–water partition coefficient (Wildman–Crippen LogP) is 2.79. The highest BCUT2D eigenvalue weighted by Crippen LogP contribution is 2.30. The van der Waals surface area contributed by atoms with E-state index in [0.29, 0.717) is 0 Å². The zero-order chi connectivity index (χ0) is 14.6. The first-order chi connectivity index (χ1) is 9.54. The smallest absolute Gasteiger partial charge is 0.328 e. The Morgan fingerprint density at radius 3 is 2.90 bits per heavy atom. The van der Waals surface area contributed by atoms with Crippen molar-refractivity contribution in [3.05, 3.63) is 35.9 Å². The molecule has 20 heavy (non-hydrogen) atoms. The third kappa shape index (κ3) is 3.39. The molecule has 0 bridgehead atoms. The first-order valence-corrected chi connectivity index (χ1v) is 6.84. The predicted molar refractivity (Wildman–Crippen MR) is 80.0 cm³/mol. The minimum absolute atomic E-state index is 0.137. The van der Waals surface area contributed by atoms with Crippen molar-refractivity contribution in [2.45, 2.75) is 25.4 Å². The molecule has 0 radical (unpaired) electrons. The van der Waals surface area contributed by atoms with Gasteiger partial charge in [0.15, 0.2) is 0 Å². The molecule has 0 spiro atoms. The van der Waals surface area contributed by atoms with Crippen LogP contribution in [0.1, 0.15) is 25.3 Å². The Bertz CT molecular complexity index is 512. The standard InChI is InChI=1S/C16H21NO3/c1-16(20-2)10-5-11-17(12-16)14-7-4-3-6-13(14)8-9-15(18)19/h3-4,6-9H,5,10-12H2,1-2H3,(H,18,19)/b9-8+. The molecule has 2 rings (SSSR count). The Morgan fingerprint density at radius 1 is 1.45 bits per heavy atom. The van der Waals surface area contributed by atoms with Gasteiger partial charge in [0.2, 0.25) is 0 Å². The van der Waals surface area contributed by atoms with Gasteiger partial charge in [0, 0.05) is 32.0 Å². The first-order valence-electron chi connectivity index (χ1n) is 6.84. The van der Waals surface area contributed by atoms with Gasteiger partial charge in [-0.05, 0) is 37.5 Å². The summed E-state index contributed by atoms with van der Waals surface area (Å²) in [6.45, 7) is 3.91. The number of para-hydroxylation sites is 1. The first kappa shape index (κ1) is 14.6. The van der Waals surface area contributed by atoms with Gasteiger partial charge in [-0.25, -0.2) is 4.79 Å². The molecule has 0 aromatic heterocycles. The maximum atomic E-state index is 10.7. The number of rotatable bonds is 4. The summed E-state index contributed by atoms with van der Waals surface area (Å²) in [6, 6.07) is 7.87. The van der Waals surface area contributed by atoms with Crippen LogP contribution >= 0.6 is 0 Å². The van der Waals surface area contributed by atoms with Crippen LogP contribution in [-0.2, 0) is 9.53 Å². The van der Waals surface area contributed by atoms with Gasteiger partial charge in [-0.15, -0.1) is 0 Å². The molecule has 1 unspecified atom stereocenters. The van der Waals surface area contributed by atoms with Crippen molar-refractivity contribution in [3.8, 4) is 0 Å². The number of hydrogen-bond donors (Lipinski definition) is 1. The van der Waals surface area contributed by atoms with Crippen LogP contribution in [0, 0.1) is 0 Å². The van der Waals surface area contributed by atoms with Gasteiger partial charge in [0.1, 0.15) is 0 Å². The topological polar surface area (TPSA) is 49.8 Å². The van der Waals surface area contributed by atoms with E-state index in [1.165, 1.54) is 6.08 Å². The van der Waals surface area contributed by atoms with E-state index in [9.17, 15) is 4.79 Å². The maximum Gasteiger partial charge on any atom is 0.328 e. The average molecular weight is 275 g/mol. The maximum absolute atomic E-state index is 10.7. The lowest BCUT2D eigenvalue weighted by Gasteiger charge is -2.41. The van der Waals surface area contributed by atoms with Gasteiger partial charge in [-0.3, -0.25) is 0 Å². The number of methoxy groups -OCH3 is 1. The van der Waals surface area contributed by atoms with Crippen molar-refractivity contribution in [3.63, 3.8) is 0 Å². The quantitative estimate of drug-likeness (QED) is 0.858. The van der Waals surface area contributed by atoms with E-state index in [1.807, 2.05) is 24.3 Å². The molecular formula is C16H21NO3. The Morgan fingerprint density at radius 2 is 2.20 bits per heavy atom. The molecule has 4 nitrogen and oxygen atoms in total. The summed E-state index contributed by atoms with van der Waals surface area (Å²) >= 11 is 0. The lowest BCUT2D eigenvalue weighted by molar-refractivity contribution is -0.131. The molecule has 1 atom stereocenters. The number of ether oxygens (including phenoxy) is 1. The van der Waals surface area contributed by atoms with Crippen LogP contribution in [0.3, 0.4) is 0 Å². The average Bonchev–Trinajstić information content (AvgIpc) is 2.45. The highest BCUT2D eigenvalue weighted by Gasteiger charge is 2.31. The number of nitrogens with zero attached hydrogens (tertiary/aromatic N) is 1. The summed E-state index contributed by atoms with van der Waals surface area (Å²) in [7, 11) is 1.75. The molecule has 0 aliphatic carbocycles. The van der Waals surface area contributed by atoms with Gasteiger partial charge >= 0.3 is 5.97 Å². The fraction of sp³-hybridized carbons (Fsp3) is 0.438. The largest absolute Gasteiger partial charge is 0.478 e. The number of carbonyl (C=O) groups is 1. The summed E-state index contributed by atoms with van der Waals surface area (Å²) in [4.78, 5) is 13.0. The summed E-state index contributed by atoms with van der Waals surface area (Å²) in [6.07, 6.45) is 4.95. The molecule has 1 saturated heterocycles. The molecule has 1 aromatic rings. The number of benzene rings is 1. The van der Waals surface area contributed by atoms with Crippen LogP contribution in [0.2, 0.25) is 0 Å². The third-order valence-corrected chi connectivity index (χ3v) is 3.83. The molecule has 108 valence electrons. The van der Waals surface area contributed by atoms with Gasteiger partial charge < -0.3 is 14.7 Å². The van der Waals surface area contributed by atoms with E-state index >= 15 is 0 Å². The second-order valence-electron chi connectivity index (χ2n) is 5.41. The second kappa shape index (κ2) is 6.09. The molecule has 0 saturated carbocycles. The number of piperidine rings is 1. The highest BCUT2D eigenvalue weighted by atomic mass is 16.5. The van der Waals surface area contributed by atoms with Crippen LogP contribution in [0.4, 0.5) is 5.69 Å². The second-order valence-corrected chi connectivity index (χ2v) is 5.41. The number of carboxylic acids is 1. The van der Waals surface area contributed by atoms with Crippen LogP contribution in [0.25, 0.3) is 6.08 Å². The Labute approximate surface area is 119 Å². The number of hydrogen-bond acceptors (Lipinski definition) is 3. The zero-order valence-electron chi connectivity index (χ0n) is 12.0. The molecule has 1 aliphatic heterocycles.